The van der Waals surface area contributed by atoms with Crippen molar-refractivity contribution in [3.05, 3.63) is 54.2 Å². The molecule has 5 heteroatoms. The lowest BCUT2D eigenvalue weighted by Gasteiger charge is -2.25. The number of aromatic nitrogens is 1. The largest absolute Gasteiger partial charge is 0.497 e. The van der Waals surface area contributed by atoms with E-state index in [9.17, 15) is 4.79 Å². The van der Waals surface area contributed by atoms with Crippen LogP contribution in [0.25, 0.3) is 0 Å². The van der Waals surface area contributed by atoms with E-state index in [1.165, 1.54) is 0 Å². The molecule has 0 atom stereocenters. The maximum absolute atomic E-state index is 11.9. The number of carbonyl (C=O) groups is 1. The second kappa shape index (κ2) is 6.93. The molecule has 5 nitrogen and oxygen atoms in total. The molecule has 2 N–H and O–H groups in total. The number of ether oxygens (including phenoxy) is 1. The van der Waals surface area contributed by atoms with Gasteiger partial charge in [0.2, 0.25) is 0 Å². The minimum Gasteiger partial charge on any atom is -0.497 e. The normalized spacial score (nSPS) is 10.9. The molecule has 0 spiro atoms. The van der Waals surface area contributed by atoms with Crippen LogP contribution in [0.5, 0.6) is 5.75 Å². The molecular weight excluding hydrogens is 278 g/mol. The van der Waals surface area contributed by atoms with Gasteiger partial charge in [0.1, 0.15) is 11.6 Å². The first-order valence-corrected chi connectivity index (χ1v) is 7.12. The Kier molecular flexibility index (Phi) is 4.99. The number of pyridine rings is 1. The van der Waals surface area contributed by atoms with E-state index >= 15 is 0 Å². The van der Waals surface area contributed by atoms with E-state index < -0.39 is 0 Å². The molecule has 0 radical (unpaired) electrons. The molecule has 116 valence electrons. The fourth-order valence-corrected chi connectivity index (χ4v) is 2.04. The second-order valence-corrected chi connectivity index (χ2v) is 5.64. The van der Waals surface area contributed by atoms with Crippen LogP contribution in [0.1, 0.15) is 19.4 Å². The predicted octanol–water partition coefficient (Wildman–Crippen LogP) is 3.19. The van der Waals surface area contributed by atoms with Gasteiger partial charge < -0.3 is 10.1 Å². The molecule has 0 saturated carbocycles. The van der Waals surface area contributed by atoms with Crippen molar-refractivity contribution in [3.8, 4) is 5.75 Å². The van der Waals surface area contributed by atoms with Crippen LogP contribution in [0.15, 0.2) is 48.7 Å². The van der Waals surface area contributed by atoms with E-state index in [2.05, 4.69) is 29.5 Å². The summed E-state index contributed by atoms with van der Waals surface area (Å²) in [6, 6.07) is 13.0. The molecule has 1 heterocycles. The van der Waals surface area contributed by atoms with Gasteiger partial charge in [0, 0.05) is 18.2 Å². The van der Waals surface area contributed by atoms with E-state index in [0.29, 0.717) is 12.4 Å². The maximum Gasteiger partial charge on any atom is 0.320 e. The number of rotatable bonds is 5. The van der Waals surface area contributed by atoms with Gasteiger partial charge in [-0.15, -0.1) is 0 Å². The summed E-state index contributed by atoms with van der Waals surface area (Å²) in [6.07, 6.45) is 1.64. The second-order valence-electron chi connectivity index (χ2n) is 5.64. The molecule has 0 saturated heterocycles. The van der Waals surface area contributed by atoms with Gasteiger partial charge in [0.25, 0.3) is 0 Å². The SMILES string of the molecule is COc1ccc(C(C)(C)CNC(=O)Nc2ccccn2)cc1. The van der Waals surface area contributed by atoms with Crippen LogP contribution in [0.3, 0.4) is 0 Å². The highest BCUT2D eigenvalue weighted by Crippen LogP contribution is 2.24. The summed E-state index contributed by atoms with van der Waals surface area (Å²) in [7, 11) is 1.64. The molecule has 1 aromatic heterocycles. The molecule has 0 aliphatic heterocycles. The number of carbonyl (C=O) groups excluding carboxylic acids is 1. The molecule has 1 aromatic carbocycles. The van der Waals surface area contributed by atoms with Crippen LogP contribution in [-0.2, 0) is 5.41 Å². The Labute approximate surface area is 130 Å². The number of nitrogens with one attached hydrogen (secondary N) is 2. The first kappa shape index (κ1) is 15.8. The first-order chi connectivity index (χ1) is 10.5. The van der Waals surface area contributed by atoms with Crippen LogP contribution in [0.4, 0.5) is 10.6 Å². The molecule has 2 rings (SSSR count). The van der Waals surface area contributed by atoms with Crippen molar-refractivity contribution in [3.63, 3.8) is 0 Å². The molecule has 0 unspecified atom stereocenters. The topological polar surface area (TPSA) is 63.2 Å². The van der Waals surface area contributed by atoms with E-state index in [1.807, 2.05) is 30.3 Å². The zero-order valence-electron chi connectivity index (χ0n) is 13.1. The van der Waals surface area contributed by atoms with Crippen molar-refractivity contribution in [2.45, 2.75) is 19.3 Å². The van der Waals surface area contributed by atoms with Crippen molar-refractivity contribution >= 4 is 11.8 Å². The maximum atomic E-state index is 11.9. The predicted molar refractivity (Wildman–Crippen MR) is 87.3 cm³/mol. The number of benzene rings is 1. The summed E-state index contributed by atoms with van der Waals surface area (Å²) >= 11 is 0. The third-order valence-electron chi connectivity index (χ3n) is 3.47. The first-order valence-electron chi connectivity index (χ1n) is 7.12. The lowest BCUT2D eigenvalue weighted by molar-refractivity contribution is 0.249. The summed E-state index contributed by atoms with van der Waals surface area (Å²) in [5.74, 6) is 1.35. The molecule has 0 aliphatic rings. The van der Waals surface area contributed by atoms with Gasteiger partial charge in [0.05, 0.1) is 7.11 Å². The quantitative estimate of drug-likeness (QED) is 0.891. The number of anilines is 1. The molecule has 2 aromatic rings. The van der Waals surface area contributed by atoms with E-state index in [-0.39, 0.29) is 11.4 Å². The number of urea groups is 1. The summed E-state index contributed by atoms with van der Waals surface area (Å²) in [4.78, 5) is 16.0. The highest BCUT2D eigenvalue weighted by molar-refractivity contribution is 5.88. The number of methoxy groups -OCH3 is 1. The molecular formula is C17H21N3O2. The zero-order chi connectivity index (χ0) is 16.0. The van der Waals surface area contributed by atoms with E-state index in [4.69, 9.17) is 4.74 Å². The smallest absolute Gasteiger partial charge is 0.320 e. The Morgan fingerprint density at radius 3 is 2.50 bits per heavy atom. The molecule has 2 amide bonds. The molecule has 0 aliphatic carbocycles. The fourth-order valence-electron chi connectivity index (χ4n) is 2.04. The summed E-state index contributed by atoms with van der Waals surface area (Å²) in [6.45, 7) is 4.67. The summed E-state index contributed by atoms with van der Waals surface area (Å²) in [5, 5.41) is 5.58. The highest BCUT2D eigenvalue weighted by atomic mass is 16.5. The summed E-state index contributed by atoms with van der Waals surface area (Å²) in [5.41, 5.74) is 0.944. The van der Waals surface area contributed by atoms with Gasteiger partial charge >= 0.3 is 6.03 Å². The van der Waals surface area contributed by atoms with Crippen LogP contribution in [0, 0.1) is 0 Å². The van der Waals surface area contributed by atoms with Crippen LogP contribution in [0.2, 0.25) is 0 Å². The van der Waals surface area contributed by atoms with Gasteiger partial charge in [0.15, 0.2) is 0 Å². The minimum absolute atomic E-state index is 0.187. The van der Waals surface area contributed by atoms with Gasteiger partial charge in [-0.3, -0.25) is 5.32 Å². The van der Waals surface area contributed by atoms with Crippen molar-refractivity contribution in [2.24, 2.45) is 0 Å². The lowest BCUT2D eigenvalue weighted by atomic mass is 9.84. The van der Waals surface area contributed by atoms with Gasteiger partial charge in [-0.25, -0.2) is 9.78 Å². The Hall–Kier alpha value is -2.56. The van der Waals surface area contributed by atoms with Crippen molar-refractivity contribution in [1.29, 1.82) is 0 Å². The fraction of sp³-hybridized carbons (Fsp3) is 0.294. The van der Waals surface area contributed by atoms with Crippen molar-refractivity contribution < 1.29 is 9.53 Å². The Morgan fingerprint density at radius 1 is 1.18 bits per heavy atom. The number of hydrogen-bond acceptors (Lipinski definition) is 3. The standard InChI is InChI=1S/C17H21N3O2/c1-17(2,13-7-9-14(22-3)10-8-13)12-19-16(21)20-15-6-4-5-11-18-15/h4-11H,12H2,1-3H3,(H2,18,19,20,21). The number of hydrogen-bond donors (Lipinski definition) is 2. The average Bonchev–Trinajstić information content (AvgIpc) is 2.54. The molecule has 22 heavy (non-hydrogen) atoms. The average molecular weight is 299 g/mol. The van der Waals surface area contributed by atoms with Gasteiger partial charge in [-0.05, 0) is 29.8 Å². The van der Waals surface area contributed by atoms with Gasteiger partial charge in [-0.2, -0.15) is 0 Å². The third kappa shape index (κ3) is 4.22. The van der Waals surface area contributed by atoms with Crippen molar-refractivity contribution in [1.82, 2.24) is 10.3 Å². The van der Waals surface area contributed by atoms with Gasteiger partial charge in [-0.1, -0.05) is 32.0 Å². The summed E-state index contributed by atoms with van der Waals surface area (Å²) < 4.78 is 5.16. The minimum atomic E-state index is -0.264. The van der Waals surface area contributed by atoms with Crippen LogP contribution >= 0.6 is 0 Å². The van der Waals surface area contributed by atoms with Crippen molar-refractivity contribution in [2.75, 3.05) is 19.0 Å². The highest BCUT2D eigenvalue weighted by Gasteiger charge is 2.21. The number of nitrogens with zero attached hydrogens (tertiary/aromatic N) is 1. The monoisotopic (exact) mass is 299 g/mol. The van der Waals surface area contributed by atoms with E-state index in [0.717, 1.165) is 11.3 Å². The number of amides is 2. The molecule has 0 bridgehead atoms. The van der Waals surface area contributed by atoms with E-state index in [1.54, 1.807) is 25.4 Å². The van der Waals surface area contributed by atoms with Crippen LogP contribution < -0.4 is 15.4 Å². The zero-order valence-corrected chi connectivity index (χ0v) is 13.1. The lowest BCUT2D eigenvalue weighted by Crippen LogP contribution is -2.39. The third-order valence-corrected chi connectivity index (χ3v) is 3.47. The Morgan fingerprint density at radius 2 is 1.91 bits per heavy atom. The Bertz CT molecular complexity index is 610. The Balaban J connectivity index is 1.92. The molecule has 0 fully saturated rings. The van der Waals surface area contributed by atoms with Crippen LogP contribution in [-0.4, -0.2) is 24.7 Å².